The summed E-state index contributed by atoms with van der Waals surface area (Å²) in [5.41, 5.74) is 0.951. The van der Waals surface area contributed by atoms with Crippen LogP contribution < -0.4 is 14.9 Å². The number of ether oxygens (including phenoxy) is 2. The third-order valence-corrected chi connectivity index (χ3v) is 7.56. The minimum Gasteiger partial charge on any atom is -0.460 e. The van der Waals surface area contributed by atoms with Gasteiger partial charge < -0.3 is 13.9 Å². The van der Waals surface area contributed by atoms with Crippen LogP contribution in [0.1, 0.15) is 24.3 Å². The molecule has 0 saturated carbocycles. The molecular weight excluding hydrogens is 558 g/mol. The van der Waals surface area contributed by atoms with Crippen LogP contribution in [0.3, 0.4) is 0 Å². The van der Waals surface area contributed by atoms with Gasteiger partial charge in [-0.05, 0) is 36.8 Å². The van der Waals surface area contributed by atoms with E-state index in [4.69, 9.17) is 25.5 Å². The largest absolute Gasteiger partial charge is 0.460 e. The Morgan fingerprint density at radius 2 is 1.93 bits per heavy atom. The van der Waals surface area contributed by atoms with Gasteiger partial charge in [-0.2, -0.15) is 0 Å². The van der Waals surface area contributed by atoms with Crippen LogP contribution in [0, 0.1) is 10.1 Å². The van der Waals surface area contributed by atoms with Gasteiger partial charge in [-0.15, -0.1) is 0 Å². The predicted molar refractivity (Wildman–Crippen MR) is 149 cm³/mol. The summed E-state index contributed by atoms with van der Waals surface area (Å²) in [6, 6.07) is 15.6. The van der Waals surface area contributed by atoms with Gasteiger partial charge in [0, 0.05) is 24.3 Å². The SMILES string of the molecule is COCCOC(=O)C1=C(C)N=c2sc(=Cc3ccc(-c4ccccc4[N+](=O)[O-])o3)c(=O)n2C1c1ccccc1Cl. The van der Waals surface area contributed by atoms with Gasteiger partial charge in [-0.3, -0.25) is 19.5 Å². The molecule has 0 fully saturated rings. The number of allylic oxidation sites excluding steroid dienone is 1. The van der Waals surface area contributed by atoms with Gasteiger partial charge in [0.1, 0.15) is 24.2 Å². The highest BCUT2D eigenvalue weighted by atomic mass is 35.5. The number of benzene rings is 2. The van der Waals surface area contributed by atoms with E-state index in [9.17, 15) is 19.7 Å². The lowest BCUT2D eigenvalue weighted by Crippen LogP contribution is -2.40. The van der Waals surface area contributed by atoms with E-state index in [2.05, 4.69) is 4.99 Å². The van der Waals surface area contributed by atoms with Crippen molar-refractivity contribution in [1.29, 1.82) is 0 Å². The number of esters is 1. The topological polar surface area (TPSA) is 126 Å². The average molecular weight is 580 g/mol. The molecule has 0 bridgehead atoms. The summed E-state index contributed by atoms with van der Waals surface area (Å²) in [7, 11) is 1.50. The van der Waals surface area contributed by atoms with Crippen molar-refractivity contribution < 1.29 is 23.6 Å². The number of halogens is 1. The molecule has 4 aromatic rings. The zero-order valence-corrected chi connectivity index (χ0v) is 22.9. The number of methoxy groups -OCH3 is 1. The number of nitro groups is 1. The first kappa shape index (κ1) is 27.3. The molecule has 1 aliphatic heterocycles. The summed E-state index contributed by atoms with van der Waals surface area (Å²) in [4.78, 5) is 42.9. The average Bonchev–Trinajstić information content (AvgIpc) is 3.52. The Balaban J connectivity index is 1.62. The number of aromatic nitrogens is 1. The molecule has 10 nitrogen and oxygen atoms in total. The highest BCUT2D eigenvalue weighted by Crippen LogP contribution is 2.35. The third-order valence-electron chi connectivity index (χ3n) is 6.23. The number of nitrogens with zero attached hydrogens (tertiary/aromatic N) is 3. The number of hydrogen-bond donors (Lipinski definition) is 0. The molecule has 12 heteroatoms. The number of rotatable bonds is 8. The summed E-state index contributed by atoms with van der Waals surface area (Å²) in [6.45, 7) is 1.93. The molecule has 204 valence electrons. The lowest BCUT2D eigenvalue weighted by molar-refractivity contribution is -0.384. The number of carbonyl (C=O) groups excluding carboxylic acids is 1. The van der Waals surface area contributed by atoms with E-state index < -0.39 is 22.5 Å². The Labute approximate surface area is 236 Å². The molecule has 0 radical (unpaired) electrons. The second kappa shape index (κ2) is 11.4. The Morgan fingerprint density at radius 1 is 1.18 bits per heavy atom. The Kier molecular flexibility index (Phi) is 7.78. The van der Waals surface area contributed by atoms with Crippen LogP contribution in [0.15, 0.2) is 86.1 Å². The van der Waals surface area contributed by atoms with Crippen LogP contribution in [0.25, 0.3) is 17.4 Å². The smallest absolute Gasteiger partial charge is 0.338 e. The van der Waals surface area contributed by atoms with Crippen LogP contribution in [0.2, 0.25) is 5.02 Å². The number of nitro benzene ring substituents is 1. The highest BCUT2D eigenvalue weighted by molar-refractivity contribution is 7.07. The summed E-state index contributed by atoms with van der Waals surface area (Å²) < 4.78 is 18.0. The second-order valence-electron chi connectivity index (χ2n) is 8.71. The van der Waals surface area contributed by atoms with Gasteiger partial charge in [-0.25, -0.2) is 9.79 Å². The number of thiazole rings is 1. The van der Waals surface area contributed by atoms with Crippen molar-refractivity contribution in [3.63, 3.8) is 0 Å². The van der Waals surface area contributed by atoms with E-state index in [1.165, 1.54) is 17.7 Å². The molecule has 1 aliphatic rings. The quantitative estimate of drug-likeness (QED) is 0.132. The number of fused-ring (bicyclic) bond motifs is 1. The molecule has 1 atom stereocenters. The summed E-state index contributed by atoms with van der Waals surface area (Å²) in [5, 5.41) is 11.8. The van der Waals surface area contributed by atoms with Crippen LogP contribution in [0.4, 0.5) is 5.69 Å². The summed E-state index contributed by atoms with van der Waals surface area (Å²) >= 11 is 7.67. The molecular formula is C28H22ClN3O7S. The monoisotopic (exact) mass is 579 g/mol. The first-order valence-electron chi connectivity index (χ1n) is 12.1. The number of hydrogen-bond acceptors (Lipinski definition) is 9. The summed E-state index contributed by atoms with van der Waals surface area (Å²) in [5.74, 6) is -0.0162. The van der Waals surface area contributed by atoms with Crippen LogP contribution in [-0.2, 0) is 14.3 Å². The van der Waals surface area contributed by atoms with Crippen molar-refractivity contribution in [2.75, 3.05) is 20.3 Å². The van der Waals surface area contributed by atoms with Crippen LogP contribution in [0.5, 0.6) is 0 Å². The first-order chi connectivity index (χ1) is 19.3. The van der Waals surface area contributed by atoms with Crippen molar-refractivity contribution >= 4 is 40.7 Å². The van der Waals surface area contributed by atoms with E-state index in [0.717, 1.165) is 11.3 Å². The van der Waals surface area contributed by atoms with Crippen molar-refractivity contribution in [1.82, 2.24) is 4.57 Å². The molecule has 0 saturated heterocycles. The van der Waals surface area contributed by atoms with E-state index in [1.807, 2.05) is 0 Å². The van der Waals surface area contributed by atoms with Crippen molar-refractivity contribution in [2.24, 2.45) is 4.99 Å². The minimum absolute atomic E-state index is 0.0339. The lowest BCUT2D eigenvalue weighted by atomic mass is 9.96. The van der Waals surface area contributed by atoms with Gasteiger partial charge in [-0.1, -0.05) is 53.3 Å². The molecule has 0 amide bonds. The maximum atomic E-state index is 13.8. The van der Waals surface area contributed by atoms with Crippen molar-refractivity contribution in [3.05, 3.63) is 118 Å². The maximum absolute atomic E-state index is 13.8. The fraction of sp³-hybridized carbons (Fsp3) is 0.179. The second-order valence-corrected chi connectivity index (χ2v) is 10.1. The predicted octanol–water partition coefficient (Wildman–Crippen LogP) is 4.25. The molecule has 5 rings (SSSR count). The Hall–Kier alpha value is -4.32. The molecule has 40 heavy (non-hydrogen) atoms. The van der Waals surface area contributed by atoms with E-state index in [0.29, 0.717) is 36.9 Å². The zero-order chi connectivity index (χ0) is 28.4. The molecule has 3 heterocycles. The summed E-state index contributed by atoms with van der Waals surface area (Å²) in [6.07, 6.45) is 1.54. The highest BCUT2D eigenvalue weighted by Gasteiger charge is 2.34. The van der Waals surface area contributed by atoms with Gasteiger partial charge in [0.05, 0.1) is 32.9 Å². The van der Waals surface area contributed by atoms with Gasteiger partial charge >= 0.3 is 5.97 Å². The van der Waals surface area contributed by atoms with Gasteiger partial charge in [0.15, 0.2) is 4.80 Å². The third kappa shape index (κ3) is 5.14. The molecule has 0 N–H and O–H groups in total. The zero-order valence-electron chi connectivity index (χ0n) is 21.3. The van der Waals surface area contributed by atoms with Crippen molar-refractivity contribution in [2.45, 2.75) is 13.0 Å². The molecule has 0 spiro atoms. The van der Waals surface area contributed by atoms with Crippen LogP contribution >= 0.6 is 22.9 Å². The lowest BCUT2D eigenvalue weighted by Gasteiger charge is -2.25. The van der Waals surface area contributed by atoms with Crippen molar-refractivity contribution in [3.8, 4) is 11.3 Å². The Bertz CT molecular complexity index is 1840. The maximum Gasteiger partial charge on any atom is 0.338 e. The van der Waals surface area contributed by atoms with E-state index >= 15 is 0 Å². The number of carbonyl (C=O) groups is 1. The van der Waals surface area contributed by atoms with E-state index in [-0.39, 0.29) is 30.2 Å². The molecule has 0 aliphatic carbocycles. The van der Waals surface area contributed by atoms with Gasteiger partial charge in [0.25, 0.3) is 11.2 Å². The Morgan fingerprint density at radius 3 is 2.67 bits per heavy atom. The normalized spacial score (nSPS) is 15.1. The van der Waals surface area contributed by atoms with Gasteiger partial charge in [0.2, 0.25) is 0 Å². The number of furan rings is 1. The van der Waals surface area contributed by atoms with E-state index in [1.54, 1.807) is 67.6 Å². The molecule has 1 unspecified atom stereocenters. The fourth-order valence-electron chi connectivity index (χ4n) is 4.41. The molecule has 2 aromatic carbocycles. The fourth-order valence-corrected chi connectivity index (χ4v) is 5.68. The molecule has 2 aromatic heterocycles. The number of para-hydroxylation sites is 1. The minimum atomic E-state index is -0.874. The first-order valence-corrected chi connectivity index (χ1v) is 13.3. The standard InChI is InChI=1S/C28H22ClN3O7S/c1-16-24(27(34)38-14-13-37-2)25(18-7-3-5-9-20(18)29)31-26(33)23(40-28(31)30-16)15-17-11-12-22(39-17)19-8-4-6-10-21(19)32(35)36/h3-12,15,25H,13-14H2,1-2H3. The van der Waals surface area contributed by atoms with Crippen LogP contribution in [-0.4, -0.2) is 35.8 Å².